The van der Waals surface area contributed by atoms with E-state index in [1.807, 2.05) is 0 Å². The molecular formula is C18H29N5O3. The maximum absolute atomic E-state index is 12.6. The molecule has 26 heavy (non-hydrogen) atoms. The number of rotatable bonds is 7. The van der Waals surface area contributed by atoms with Crippen LogP contribution < -0.4 is 5.32 Å². The van der Waals surface area contributed by atoms with Gasteiger partial charge in [0.05, 0.1) is 19.1 Å². The Morgan fingerprint density at radius 3 is 2.88 bits per heavy atom. The molecule has 1 aromatic heterocycles. The summed E-state index contributed by atoms with van der Waals surface area (Å²) in [5, 5.41) is 11.2. The number of likely N-dealkylation sites (tertiary alicyclic amines) is 1. The number of hydrogen-bond donors (Lipinski definition) is 1. The SMILES string of the molecule is COCCN1C[C@@H](C(=O)NCc2nncn2C2CCCCC2)CCC1=O. The molecule has 8 heteroatoms. The molecule has 1 saturated heterocycles. The monoisotopic (exact) mass is 363 g/mol. The lowest BCUT2D eigenvalue weighted by molar-refractivity contribution is -0.139. The molecule has 2 heterocycles. The van der Waals surface area contributed by atoms with Crippen molar-refractivity contribution in [3.05, 3.63) is 12.2 Å². The third-order valence-electron chi connectivity index (χ3n) is 5.47. The van der Waals surface area contributed by atoms with Crippen LogP contribution in [-0.4, -0.2) is 58.3 Å². The summed E-state index contributed by atoms with van der Waals surface area (Å²) < 4.78 is 7.16. The average molecular weight is 363 g/mol. The zero-order chi connectivity index (χ0) is 18.4. The predicted molar refractivity (Wildman–Crippen MR) is 95.2 cm³/mol. The Balaban J connectivity index is 1.52. The van der Waals surface area contributed by atoms with Crippen LogP contribution in [0.25, 0.3) is 0 Å². The Morgan fingerprint density at radius 2 is 2.12 bits per heavy atom. The van der Waals surface area contributed by atoms with E-state index >= 15 is 0 Å². The standard InChI is InChI=1S/C18H29N5O3/c1-26-10-9-22-12-14(7-8-17(22)24)18(25)19-11-16-21-20-13-23(16)15-5-3-2-4-6-15/h13-15H,2-12H2,1H3,(H,19,25)/t14-/m0/s1. The van der Waals surface area contributed by atoms with Gasteiger partial charge in [-0.3, -0.25) is 9.59 Å². The molecule has 2 aliphatic rings. The van der Waals surface area contributed by atoms with Crippen LogP contribution in [0.1, 0.15) is 56.8 Å². The van der Waals surface area contributed by atoms with Crippen molar-refractivity contribution in [3.8, 4) is 0 Å². The number of aromatic nitrogens is 3. The summed E-state index contributed by atoms with van der Waals surface area (Å²) in [5.41, 5.74) is 0. The topological polar surface area (TPSA) is 89.3 Å². The molecule has 0 unspecified atom stereocenters. The van der Waals surface area contributed by atoms with Crippen LogP contribution in [0.2, 0.25) is 0 Å². The molecule has 0 radical (unpaired) electrons. The van der Waals surface area contributed by atoms with E-state index in [1.165, 1.54) is 19.3 Å². The summed E-state index contributed by atoms with van der Waals surface area (Å²) in [7, 11) is 1.61. The van der Waals surface area contributed by atoms with Gasteiger partial charge in [-0.15, -0.1) is 10.2 Å². The first-order valence-corrected chi connectivity index (χ1v) is 9.62. The number of carbonyl (C=O) groups excluding carboxylic acids is 2. The van der Waals surface area contributed by atoms with Gasteiger partial charge in [0, 0.05) is 32.7 Å². The third-order valence-corrected chi connectivity index (χ3v) is 5.47. The smallest absolute Gasteiger partial charge is 0.225 e. The van der Waals surface area contributed by atoms with Crippen molar-refractivity contribution >= 4 is 11.8 Å². The van der Waals surface area contributed by atoms with E-state index in [9.17, 15) is 9.59 Å². The Kier molecular flexibility index (Phi) is 6.60. The summed E-state index contributed by atoms with van der Waals surface area (Å²) >= 11 is 0. The second-order valence-corrected chi connectivity index (χ2v) is 7.23. The highest BCUT2D eigenvalue weighted by Gasteiger charge is 2.30. The Morgan fingerprint density at radius 1 is 1.31 bits per heavy atom. The summed E-state index contributed by atoms with van der Waals surface area (Å²) in [6.45, 7) is 1.88. The minimum atomic E-state index is -0.171. The van der Waals surface area contributed by atoms with E-state index < -0.39 is 0 Å². The van der Waals surface area contributed by atoms with Crippen LogP contribution in [0, 0.1) is 5.92 Å². The Bertz CT molecular complexity index is 612. The van der Waals surface area contributed by atoms with Crippen LogP contribution in [0.5, 0.6) is 0 Å². The van der Waals surface area contributed by atoms with Crippen molar-refractivity contribution in [3.63, 3.8) is 0 Å². The Hall–Kier alpha value is -1.96. The van der Waals surface area contributed by atoms with E-state index in [1.54, 1.807) is 18.3 Å². The molecule has 2 amide bonds. The predicted octanol–water partition coefficient (Wildman–Crippen LogP) is 1.28. The van der Waals surface area contributed by atoms with Crippen molar-refractivity contribution in [2.24, 2.45) is 5.92 Å². The maximum Gasteiger partial charge on any atom is 0.225 e. The minimum absolute atomic E-state index is 0.0156. The van der Waals surface area contributed by atoms with Crippen molar-refractivity contribution < 1.29 is 14.3 Å². The molecular weight excluding hydrogens is 334 g/mol. The molecule has 144 valence electrons. The lowest BCUT2D eigenvalue weighted by atomic mass is 9.95. The summed E-state index contributed by atoms with van der Waals surface area (Å²) in [6, 6.07) is 0.447. The fraction of sp³-hybridized carbons (Fsp3) is 0.778. The molecule has 0 bridgehead atoms. The summed E-state index contributed by atoms with van der Waals surface area (Å²) in [5.74, 6) is 0.727. The van der Waals surface area contributed by atoms with Crippen LogP contribution in [-0.2, 0) is 20.9 Å². The number of nitrogens with zero attached hydrogens (tertiary/aromatic N) is 4. The average Bonchev–Trinajstić information content (AvgIpc) is 3.15. The number of amides is 2. The first-order valence-electron chi connectivity index (χ1n) is 9.62. The van der Waals surface area contributed by atoms with Crippen LogP contribution in [0.4, 0.5) is 0 Å². The molecule has 0 spiro atoms. The number of methoxy groups -OCH3 is 1. The van der Waals surface area contributed by atoms with E-state index in [4.69, 9.17) is 4.74 Å². The van der Waals surface area contributed by atoms with E-state index in [0.717, 1.165) is 18.7 Å². The van der Waals surface area contributed by atoms with Crippen LogP contribution >= 0.6 is 0 Å². The van der Waals surface area contributed by atoms with Gasteiger partial charge in [-0.05, 0) is 19.3 Å². The fourth-order valence-corrected chi connectivity index (χ4v) is 3.91. The molecule has 0 aromatic carbocycles. The lowest BCUT2D eigenvalue weighted by Gasteiger charge is -2.31. The number of nitrogens with one attached hydrogen (secondary N) is 1. The largest absolute Gasteiger partial charge is 0.383 e. The molecule has 3 rings (SSSR count). The van der Waals surface area contributed by atoms with Crippen molar-refractivity contribution in [1.82, 2.24) is 25.0 Å². The first kappa shape index (κ1) is 18.8. The lowest BCUT2D eigenvalue weighted by Crippen LogP contribution is -2.46. The van der Waals surface area contributed by atoms with Gasteiger partial charge in [0.15, 0.2) is 5.82 Å². The number of carbonyl (C=O) groups is 2. The van der Waals surface area contributed by atoms with Gasteiger partial charge in [0.25, 0.3) is 0 Å². The normalized spacial score (nSPS) is 21.8. The zero-order valence-electron chi connectivity index (χ0n) is 15.5. The van der Waals surface area contributed by atoms with Gasteiger partial charge in [-0.1, -0.05) is 19.3 Å². The van der Waals surface area contributed by atoms with E-state index in [-0.39, 0.29) is 17.7 Å². The molecule has 1 aliphatic heterocycles. The number of piperidine rings is 1. The quantitative estimate of drug-likeness (QED) is 0.788. The van der Waals surface area contributed by atoms with Crippen molar-refractivity contribution in [2.75, 3.05) is 26.8 Å². The van der Waals surface area contributed by atoms with E-state index in [2.05, 4.69) is 20.1 Å². The van der Waals surface area contributed by atoms with Gasteiger partial charge < -0.3 is 19.5 Å². The zero-order valence-corrected chi connectivity index (χ0v) is 15.5. The van der Waals surface area contributed by atoms with Crippen LogP contribution in [0.15, 0.2) is 6.33 Å². The van der Waals surface area contributed by atoms with Gasteiger partial charge in [-0.2, -0.15) is 0 Å². The minimum Gasteiger partial charge on any atom is -0.383 e. The molecule has 8 nitrogen and oxygen atoms in total. The third kappa shape index (κ3) is 4.60. The summed E-state index contributed by atoms with van der Waals surface area (Å²) in [6.07, 6.45) is 8.87. The van der Waals surface area contributed by atoms with Gasteiger partial charge in [0.2, 0.25) is 11.8 Å². The van der Waals surface area contributed by atoms with Gasteiger partial charge in [0.1, 0.15) is 6.33 Å². The molecule has 1 saturated carbocycles. The highest BCUT2D eigenvalue weighted by Crippen LogP contribution is 2.28. The van der Waals surface area contributed by atoms with Crippen molar-refractivity contribution in [1.29, 1.82) is 0 Å². The molecule has 1 aliphatic carbocycles. The molecule has 2 fully saturated rings. The second-order valence-electron chi connectivity index (χ2n) is 7.23. The molecule has 1 atom stereocenters. The second kappa shape index (κ2) is 9.12. The molecule has 1 N–H and O–H groups in total. The fourth-order valence-electron chi connectivity index (χ4n) is 3.91. The van der Waals surface area contributed by atoms with Gasteiger partial charge in [-0.25, -0.2) is 0 Å². The number of ether oxygens (including phenoxy) is 1. The van der Waals surface area contributed by atoms with Gasteiger partial charge >= 0.3 is 0 Å². The van der Waals surface area contributed by atoms with Crippen molar-refractivity contribution in [2.45, 2.75) is 57.5 Å². The summed E-state index contributed by atoms with van der Waals surface area (Å²) in [4.78, 5) is 26.2. The highest BCUT2D eigenvalue weighted by atomic mass is 16.5. The maximum atomic E-state index is 12.6. The number of hydrogen-bond acceptors (Lipinski definition) is 5. The first-order chi connectivity index (χ1) is 12.7. The van der Waals surface area contributed by atoms with E-state index in [0.29, 0.717) is 45.1 Å². The molecule has 1 aromatic rings. The van der Waals surface area contributed by atoms with Crippen LogP contribution in [0.3, 0.4) is 0 Å². The Labute approximate surface area is 154 Å². The highest BCUT2D eigenvalue weighted by molar-refractivity contribution is 5.83.